The first-order valence-electron chi connectivity index (χ1n) is 8.30. The summed E-state index contributed by atoms with van der Waals surface area (Å²) in [6.07, 6.45) is 5.73. The van der Waals surface area contributed by atoms with Crippen LogP contribution in [0.15, 0.2) is 12.1 Å². The molecule has 0 saturated heterocycles. The Hall–Kier alpha value is -2.37. The van der Waals surface area contributed by atoms with Gasteiger partial charge in [-0.15, -0.1) is 0 Å². The number of fused-ring (bicyclic) bond motifs is 1. The lowest BCUT2D eigenvalue weighted by Crippen LogP contribution is -2.36. The molecule has 1 fully saturated rings. The standard InChI is InChI=1S/C18H24N2O4/c1-22-14-10-11-9-13(18(21)19-12-7-5-4-6-8-12)20-15(11)17(24-3)16(14)23-2/h9-10,12,20H,4-8H2,1-3H3,(H,19,21). The van der Waals surface area contributed by atoms with E-state index in [1.165, 1.54) is 19.3 Å². The van der Waals surface area contributed by atoms with Crippen molar-refractivity contribution < 1.29 is 19.0 Å². The molecule has 6 heteroatoms. The van der Waals surface area contributed by atoms with E-state index >= 15 is 0 Å². The maximum atomic E-state index is 12.5. The molecule has 0 unspecified atom stereocenters. The van der Waals surface area contributed by atoms with Crippen molar-refractivity contribution in [3.63, 3.8) is 0 Å². The zero-order valence-corrected chi connectivity index (χ0v) is 14.4. The van der Waals surface area contributed by atoms with E-state index in [1.807, 2.05) is 12.1 Å². The van der Waals surface area contributed by atoms with Crippen LogP contribution >= 0.6 is 0 Å². The lowest BCUT2D eigenvalue weighted by Gasteiger charge is -2.22. The maximum Gasteiger partial charge on any atom is 0.267 e. The Labute approximate surface area is 141 Å². The summed E-state index contributed by atoms with van der Waals surface area (Å²) in [4.78, 5) is 15.7. The van der Waals surface area contributed by atoms with E-state index in [1.54, 1.807) is 21.3 Å². The van der Waals surface area contributed by atoms with Crippen LogP contribution < -0.4 is 19.5 Å². The van der Waals surface area contributed by atoms with Gasteiger partial charge in [-0.1, -0.05) is 19.3 Å². The largest absolute Gasteiger partial charge is 0.493 e. The predicted molar refractivity (Wildman–Crippen MR) is 92.3 cm³/mol. The number of carbonyl (C=O) groups is 1. The predicted octanol–water partition coefficient (Wildman–Crippen LogP) is 3.26. The number of nitrogens with one attached hydrogen (secondary N) is 2. The van der Waals surface area contributed by atoms with Gasteiger partial charge in [0.1, 0.15) is 5.69 Å². The lowest BCUT2D eigenvalue weighted by molar-refractivity contribution is 0.0923. The van der Waals surface area contributed by atoms with Crippen LogP contribution in [0.4, 0.5) is 0 Å². The van der Waals surface area contributed by atoms with Gasteiger partial charge in [-0.3, -0.25) is 4.79 Å². The smallest absolute Gasteiger partial charge is 0.267 e. The van der Waals surface area contributed by atoms with Crippen LogP contribution in [0.1, 0.15) is 42.6 Å². The van der Waals surface area contributed by atoms with Crippen LogP contribution in [-0.2, 0) is 0 Å². The molecule has 1 aliphatic carbocycles. The van der Waals surface area contributed by atoms with Crippen molar-refractivity contribution in [2.45, 2.75) is 38.1 Å². The summed E-state index contributed by atoms with van der Waals surface area (Å²) in [6.45, 7) is 0. The van der Waals surface area contributed by atoms with Crippen LogP contribution in [0.5, 0.6) is 17.2 Å². The molecule has 1 aliphatic rings. The number of hydrogen-bond acceptors (Lipinski definition) is 4. The normalized spacial score (nSPS) is 15.3. The first kappa shape index (κ1) is 16.5. The molecule has 130 valence electrons. The Morgan fingerprint density at radius 1 is 1.04 bits per heavy atom. The zero-order valence-electron chi connectivity index (χ0n) is 14.4. The minimum Gasteiger partial charge on any atom is -0.493 e. The second-order valence-electron chi connectivity index (χ2n) is 6.10. The van der Waals surface area contributed by atoms with Crippen molar-refractivity contribution >= 4 is 16.8 Å². The summed E-state index contributed by atoms with van der Waals surface area (Å²) in [5.41, 5.74) is 1.24. The number of amides is 1. The summed E-state index contributed by atoms with van der Waals surface area (Å²) in [5, 5.41) is 3.96. The Morgan fingerprint density at radius 3 is 2.38 bits per heavy atom. The van der Waals surface area contributed by atoms with E-state index < -0.39 is 0 Å². The maximum absolute atomic E-state index is 12.5. The van der Waals surface area contributed by atoms with E-state index in [0.717, 1.165) is 23.7 Å². The van der Waals surface area contributed by atoms with Crippen molar-refractivity contribution in [2.24, 2.45) is 0 Å². The average molecular weight is 332 g/mol. The molecular weight excluding hydrogens is 308 g/mol. The van der Waals surface area contributed by atoms with Gasteiger partial charge < -0.3 is 24.5 Å². The SMILES string of the molecule is COc1cc2cc(C(=O)NC3CCCCC3)[nH]c2c(OC)c1OC. The highest BCUT2D eigenvalue weighted by molar-refractivity contribution is 6.01. The Balaban J connectivity index is 1.93. The summed E-state index contributed by atoms with van der Waals surface area (Å²) in [6, 6.07) is 3.92. The number of hydrogen-bond donors (Lipinski definition) is 2. The molecule has 0 radical (unpaired) electrons. The third kappa shape index (κ3) is 3.00. The van der Waals surface area contributed by atoms with E-state index in [-0.39, 0.29) is 11.9 Å². The highest BCUT2D eigenvalue weighted by Gasteiger charge is 2.21. The number of aromatic nitrogens is 1. The summed E-state index contributed by atoms with van der Waals surface area (Å²) in [7, 11) is 4.71. The van der Waals surface area contributed by atoms with Crippen LogP contribution in [0, 0.1) is 0 Å². The monoisotopic (exact) mass is 332 g/mol. The van der Waals surface area contributed by atoms with Gasteiger partial charge in [0.2, 0.25) is 5.75 Å². The van der Waals surface area contributed by atoms with Gasteiger partial charge >= 0.3 is 0 Å². The molecule has 24 heavy (non-hydrogen) atoms. The fourth-order valence-corrected chi connectivity index (χ4v) is 3.38. The van der Waals surface area contributed by atoms with E-state index in [4.69, 9.17) is 14.2 Å². The summed E-state index contributed by atoms with van der Waals surface area (Å²) < 4.78 is 16.2. The second-order valence-corrected chi connectivity index (χ2v) is 6.10. The number of benzene rings is 1. The molecule has 3 rings (SSSR count). The van der Waals surface area contributed by atoms with E-state index in [2.05, 4.69) is 10.3 Å². The fourth-order valence-electron chi connectivity index (χ4n) is 3.38. The van der Waals surface area contributed by atoms with Crippen LogP contribution in [0.3, 0.4) is 0 Å². The molecule has 0 aliphatic heterocycles. The molecule has 1 aromatic carbocycles. The number of ether oxygens (including phenoxy) is 3. The van der Waals surface area contributed by atoms with Crippen molar-refractivity contribution in [3.05, 3.63) is 17.8 Å². The molecule has 0 bridgehead atoms. The van der Waals surface area contributed by atoms with Gasteiger partial charge in [-0.25, -0.2) is 0 Å². The zero-order chi connectivity index (χ0) is 17.1. The molecular formula is C18H24N2O4. The van der Waals surface area contributed by atoms with Gasteiger partial charge in [0, 0.05) is 11.4 Å². The highest BCUT2D eigenvalue weighted by Crippen LogP contribution is 2.43. The van der Waals surface area contributed by atoms with Gasteiger partial charge in [0.05, 0.1) is 26.8 Å². The number of rotatable bonds is 5. The van der Waals surface area contributed by atoms with Crippen molar-refractivity contribution in [1.82, 2.24) is 10.3 Å². The topological polar surface area (TPSA) is 72.6 Å². The Kier molecular flexibility index (Phi) is 4.83. The van der Waals surface area contributed by atoms with Crippen molar-refractivity contribution in [2.75, 3.05) is 21.3 Å². The van der Waals surface area contributed by atoms with E-state index in [9.17, 15) is 4.79 Å². The van der Waals surface area contributed by atoms with Gasteiger partial charge in [-0.05, 0) is 25.0 Å². The number of H-pyrrole nitrogens is 1. The number of aromatic amines is 1. The summed E-state index contributed by atoms with van der Waals surface area (Å²) >= 11 is 0. The van der Waals surface area contributed by atoms with Gasteiger partial charge in [0.15, 0.2) is 11.5 Å². The highest BCUT2D eigenvalue weighted by atomic mass is 16.5. The summed E-state index contributed by atoms with van der Waals surface area (Å²) in [5.74, 6) is 1.52. The lowest BCUT2D eigenvalue weighted by atomic mass is 9.95. The van der Waals surface area contributed by atoms with Gasteiger partial charge in [-0.2, -0.15) is 0 Å². The molecule has 0 spiro atoms. The second kappa shape index (κ2) is 7.03. The third-order valence-corrected chi connectivity index (χ3v) is 4.61. The molecule has 0 atom stereocenters. The molecule has 1 heterocycles. The molecule has 1 saturated carbocycles. The molecule has 2 N–H and O–H groups in total. The quantitative estimate of drug-likeness (QED) is 0.881. The van der Waals surface area contributed by atoms with Crippen molar-refractivity contribution in [1.29, 1.82) is 0 Å². The minimum atomic E-state index is -0.0851. The number of carbonyl (C=O) groups excluding carboxylic acids is 1. The third-order valence-electron chi connectivity index (χ3n) is 4.61. The van der Waals surface area contributed by atoms with Crippen LogP contribution in [-0.4, -0.2) is 38.3 Å². The molecule has 6 nitrogen and oxygen atoms in total. The van der Waals surface area contributed by atoms with Crippen LogP contribution in [0.25, 0.3) is 10.9 Å². The first-order valence-corrected chi connectivity index (χ1v) is 8.30. The first-order chi connectivity index (χ1) is 11.7. The minimum absolute atomic E-state index is 0.0851. The van der Waals surface area contributed by atoms with Crippen LogP contribution in [0.2, 0.25) is 0 Å². The average Bonchev–Trinajstić information content (AvgIpc) is 3.04. The Bertz CT molecular complexity index is 732. The Morgan fingerprint density at radius 2 is 1.75 bits per heavy atom. The molecule has 1 aromatic heterocycles. The molecule has 1 amide bonds. The van der Waals surface area contributed by atoms with Gasteiger partial charge in [0.25, 0.3) is 5.91 Å². The van der Waals surface area contributed by atoms with Crippen molar-refractivity contribution in [3.8, 4) is 17.2 Å². The molecule has 2 aromatic rings. The number of methoxy groups -OCH3 is 3. The van der Waals surface area contributed by atoms with E-state index in [0.29, 0.717) is 22.9 Å². The fraction of sp³-hybridized carbons (Fsp3) is 0.500.